The number of aliphatic carboxylic acids is 1. The molecule has 2 aromatic carbocycles. The Hall–Kier alpha value is -2.70. The van der Waals surface area contributed by atoms with E-state index >= 15 is 0 Å². The van der Waals surface area contributed by atoms with Crippen LogP contribution in [0.5, 0.6) is 5.75 Å². The Morgan fingerprint density at radius 3 is 2.45 bits per heavy atom. The van der Waals surface area contributed by atoms with Gasteiger partial charge >= 0.3 is 12.1 Å². The van der Waals surface area contributed by atoms with Gasteiger partial charge < -0.3 is 14.7 Å². The van der Waals surface area contributed by atoms with Crippen molar-refractivity contribution in [2.24, 2.45) is 11.8 Å². The van der Waals surface area contributed by atoms with Gasteiger partial charge in [-0.1, -0.05) is 31.4 Å². The molecule has 1 heterocycles. The number of anilines is 1. The van der Waals surface area contributed by atoms with Gasteiger partial charge in [-0.2, -0.15) is 13.2 Å². The smallest absolute Gasteiger partial charge is 0.416 e. The van der Waals surface area contributed by atoms with Crippen LogP contribution in [0.25, 0.3) is 11.1 Å². The van der Waals surface area contributed by atoms with E-state index in [-0.39, 0.29) is 5.75 Å². The normalized spacial score (nSPS) is 18.0. The van der Waals surface area contributed by atoms with E-state index in [9.17, 15) is 18.0 Å². The summed E-state index contributed by atoms with van der Waals surface area (Å²) in [6, 6.07) is 11.1. The summed E-state index contributed by atoms with van der Waals surface area (Å²) < 4.78 is 46.4. The number of nitrogens with zero attached hydrogens (tertiary/aromatic N) is 1. The van der Waals surface area contributed by atoms with Crippen LogP contribution in [0.1, 0.15) is 37.7 Å². The van der Waals surface area contributed by atoms with Crippen LogP contribution >= 0.6 is 0 Å². The van der Waals surface area contributed by atoms with Gasteiger partial charge in [-0.05, 0) is 60.2 Å². The molecule has 1 saturated carbocycles. The first-order valence-electron chi connectivity index (χ1n) is 10.7. The van der Waals surface area contributed by atoms with Gasteiger partial charge in [0.05, 0.1) is 18.1 Å². The molecule has 0 aromatic heterocycles. The first-order chi connectivity index (χ1) is 14.8. The van der Waals surface area contributed by atoms with Crippen molar-refractivity contribution < 1.29 is 27.8 Å². The molecule has 1 aliphatic carbocycles. The molecule has 0 radical (unpaired) electrons. The lowest BCUT2D eigenvalue weighted by Gasteiger charge is -2.38. The quantitative estimate of drug-likeness (QED) is 0.621. The minimum absolute atomic E-state index is 0.232. The zero-order chi connectivity index (χ0) is 22.0. The Labute approximate surface area is 179 Å². The highest BCUT2D eigenvalue weighted by atomic mass is 19.4. The zero-order valence-corrected chi connectivity index (χ0v) is 17.2. The minimum Gasteiger partial charge on any atom is -0.493 e. The molecule has 2 fully saturated rings. The van der Waals surface area contributed by atoms with E-state index in [1.54, 1.807) is 24.3 Å². The third kappa shape index (κ3) is 5.14. The molecule has 4 nitrogen and oxygen atoms in total. The molecule has 166 valence electrons. The average molecular weight is 433 g/mol. The third-order valence-corrected chi connectivity index (χ3v) is 6.22. The van der Waals surface area contributed by atoms with Crippen LogP contribution in [-0.4, -0.2) is 30.8 Å². The van der Waals surface area contributed by atoms with Crippen LogP contribution in [0.3, 0.4) is 0 Å². The van der Waals surface area contributed by atoms with Gasteiger partial charge in [-0.3, -0.25) is 4.79 Å². The molecular weight excluding hydrogens is 407 g/mol. The molecule has 7 heteroatoms. The Kier molecular flexibility index (Phi) is 6.12. The monoisotopic (exact) mass is 433 g/mol. The SMILES string of the molecule is O=C(O)C1CN(c2cccc(-c3cc(OCC4CCCCC4)cc(C(F)(F)F)c3)c2)C1. The summed E-state index contributed by atoms with van der Waals surface area (Å²) in [5, 5.41) is 9.07. The maximum Gasteiger partial charge on any atom is 0.416 e. The van der Waals surface area contributed by atoms with E-state index in [0.717, 1.165) is 43.5 Å². The van der Waals surface area contributed by atoms with Crippen LogP contribution in [-0.2, 0) is 11.0 Å². The maximum absolute atomic E-state index is 13.5. The van der Waals surface area contributed by atoms with E-state index < -0.39 is 23.6 Å². The van der Waals surface area contributed by atoms with Crippen LogP contribution in [0.2, 0.25) is 0 Å². The molecule has 2 aliphatic rings. The standard InChI is InChI=1S/C24H26F3NO3/c25-24(26,27)20-9-18(11-22(12-20)31-15-16-5-2-1-3-6-16)17-7-4-8-21(10-17)28-13-19(14-28)23(29)30/h4,7-12,16,19H,1-3,5-6,13-15H2,(H,29,30). The van der Waals surface area contributed by atoms with Crippen LogP contribution in [0.4, 0.5) is 18.9 Å². The van der Waals surface area contributed by atoms with E-state index in [2.05, 4.69) is 0 Å². The molecule has 0 bridgehead atoms. The molecule has 1 aliphatic heterocycles. The fourth-order valence-electron chi connectivity index (χ4n) is 4.31. The fourth-order valence-corrected chi connectivity index (χ4v) is 4.31. The second-order valence-corrected chi connectivity index (χ2v) is 8.55. The number of alkyl halides is 3. The van der Waals surface area contributed by atoms with Crippen LogP contribution in [0.15, 0.2) is 42.5 Å². The molecule has 0 amide bonds. The molecule has 0 spiro atoms. The van der Waals surface area contributed by atoms with Crippen LogP contribution < -0.4 is 9.64 Å². The highest BCUT2D eigenvalue weighted by Crippen LogP contribution is 2.37. The highest BCUT2D eigenvalue weighted by Gasteiger charge is 2.33. The van der Waals surface area contributed by atoms with Gasteiger partial charge in [0, 0.05) is 18.8 Å². The minimum atomic E-state index is -4.47. The third-order valence-electron chi connectivity index (χ3n) is 6.22. The number of hydrogen-bond acceptors (Lipinski definition) is 3. The summed E-state index contributed by atoms with van der Waals surface area (Å²) in [6.45, 7) is 1.24. The summed E-state index contributed by atoms with van der Waals surface area (Å²) in [4.78, 5) is 13.0. The number of halogens is 3. The molecule has 31 heavy (non-hydrogen) atoms. The van der Waals surface area contributed by atoms with Crippen LogP contribution in [0, 0.1) is 11.8 Å². The Morgan fingerprint density at radius 1 is 1.03 bits per heavy atom. The second kappa shape index (κ2) is 8.81. The molecule has 0 unspecified atom stereocenters. The second-order valence-electron chi connectivity index (χ2n) is 8.55. The number of carboxylic acid groups (broad SMARTS) is 1. The highest BCUT2D eigenvalue weighted by molar-refractivity contribution is 5.76. The number of benzene rings is 2. The predicted octanol–water partition coefficient (Wildman–Crippen LogP) is 5.85. The van der Waals surface area contributed by atoms with Crippen molar-refractivity contribution in [2.75, 3.05) is 24.6 Å². The van der Waals surface area contributed by atoms with Crippen molar-refractivity contribution >= 4 is 11.7 Å². The van der Waals surface area contributed by atoms with Gasteiger partial charge in [0.25, 0.3) is 0 Å². The maximum atomic E-state index is 13.5. The van der Waals surface area contributed by atoms with Crippen molar-refractivity contribution in [3.8, 4) is 16.9 Å². The van der Waals surface area contributed by atoms with Gasteiger partial charge in [-0.25, -0.2) is 0 Å². The Morgan fingerprint density at radius 2 is 1.77 bits per heavy atom. The summed E-state index contributed by atoms with van der Waals surface area (Å²) in [7, 11) is 0. The van der Waals surface area contributed by atoms with Gasteiger partial charge in [0.1, 0.15) is 5.75 Å². The van der Waals surface area contributed by atoms with E-state index in [1.807, 2.05) is 11.0 Å². The van der Waals surface area contributed by atoms with Gasteiger partial charge in [0.2, 0.25) is 0 Å². The molecule has 2 aromatic rings. The first kappa shape index (κ1) is 21.5. The van der Waals surface area contributed by atoms with E-state index in [4.69, 9.17) is 9.84 Å². The molecule has 4 rings (SSSR count). The number of carbonyl (C=O) groups is 1. The number of rotatable bonds is 6. The van der Waals surface area contributed by atoms with Crippen molar-refractivity contribution in [1.82, 2.24) is 0 Å². The molecule has 0 atom stereocenters. The lowest BCUT2D eigenvalue weighted by molar-refractivity contribution is -0.142. The van der Waals surface area contributed by atoms with E-state index in [1.165, 1.54) is 6.42 Å². The summed E-state index contributed by atoms with van der Waals surface area (Å²) in [6.07, 6.45) is 1.15. The van der Waals surface area contributed by atoms with Gasteiger partial charge in [-0.15, -0.1) is 0 Å². The average Bonchev–Trinajstić information content (AvgIpc) is 2.71. The molecule has 1 saturated heterocycles. The fraction of sp³-hybridized carbons (Fsp3) is 0.458. The predicted molar refractivity (Wildman–Crippen MR) is 112 cm³/mol. The lowest BCUT2D eigenvalue weighted by Crippen LogP contribution is -2.50. The first-order valence-corrected chi connectivity index (χ1v) is 10.7. The van der Waals surface area contributed by atoms with Gasteiger partial charge in [0.15, 0.2) is 0 Å². The summed E-state index contributed by atoms with van der Waals surface area (Å²) >= 11 is 0. The van der Waals surface area contributed by atoms with Crippen molar-refractivity contribution in [1.29, 1.82) is 0 Å². The largest absolute Gasteiger partial charge is 0.493 e. The number of ether oxygens (including phenoxy) is 1. The van der Waals surface area contributed by atoms with E-state index in [0.29, 0.717) is 36.7 Å². The van der Waals surface area contributed by atoms with Crippen molar-refractivity contribution in [3.05, 3.63) is 48.0 Å². The lowest BCUT2D eigenvalue weighted by atomic mass is 9.90. The topological polar surface area (TPSA) is 49.8 Å². The zero-order valence-electron chi connectivity index (χ0n) is 17.2. The number of hydrogen-bond donors (Lipinski definition) is 1. The molecule has 1 N–H and O–H groups in total. The van der Waals surface area contributed by atoms with Crippen molar-refractivity contribution in [2.45, 2.75) is 38.3 Å². The Balaban J connectivity index is 1.57. The van der Waals surface area contributed by atoms with Crippen molar-refractivity contribution in [3.63, 3.8) is 0 Å². The number of carboxylic acids is 1. The summed E-state index contributed by atoms with van der Waals surface area (Å²) in [5.74, 6) is -0.610. The molecular formula is C24H26F3NO3. The Bertz CT molecular complexity index is 932. The summed E-state index contributed by atoms with van der Waals surface area (Å²) in [5.41, 5.74) is 1.15.